The molecule has 0 aliphatic rings. The minimum atomic E-state index is -4.71. The first kappa shape index (κ1) is 34.0. The van der Waals surface area contributed by atoms with Crippen LogP contribution in [-0.4, -0.2) is 38.5 Å². The van der Waals surface area contributed by atoms with Gasteiger partial charge in [0.05, 0.1) is 23.0 Å². The van der Waals surface area contributed by atoms with Crippen molar-refractivity contribution in [1.29, 1.82) is 5.41 Å². The predicted molar refractivity (Wildman–Crippen MR) is 169 cm³/mol. The Morgan fingerprint density at radius 2 is 1.79 bits per heavy atom. The van der Waals surface area contributed by atoms with Crippen molar-refractivity contribution in [1.82, 2.24) is 20.2 Å². The van der Waals surface area contributed by atoms with E-state index < -0.39 is 41.7 Å². The second-order valence-electron chi connectivity index (χ2n) is 10.7. The molecule has 15 heteroatoms. The average molecular weight is 652 g/mol. The number of benzene rings is 3. The standard InChI is InChI=1S/C32H32F3N7O5/c1-18(2)40-29-30(45)42(25(15-39-29)21-11-22(32(33,34)35)13-23(36)12-21)16-27(44)38-14-20-8-9-24(26(43)10-20)28(37)41-31(46)47-17-19-6-4-3-5-7-19/h3-13,15,18,43H,14,16-17,36H2,1-2H3,(H,38,44)(H,39,40)(H2,37,41,46). The van der Waals surface area contributed by atoms with Gasteiger partial charge in [0.15, 0.2) is 5.82 Å². The van der Waals surface area contributed by atoms with E-state index in [1.165, 1.54) is 30.5 Å². The van der Waals surface area contributed by atoms with Gasteiger partial charge in [0.2, 0.25) is 5.91 Å². The highest BCUT2D eigenvalue weighted by Gasteiger charge is 2.31. The number of hydrogen-bond acceptors (Lipinski definition) is 9. The molecule has 4 rings (SSSR count). The highest BCUT2D eigenvalue weighted by Crippen LogP contribution is 2.34. The highest BCUT2D eigenvalue weighted by molar-refractivity contribution is 6.06. The van der Waals surface area contributed by atoms with Gasteiger partial charge in [-0.1, -0.05) is 36.4 Å². The van der Waals surface area contributed by atoms with Gasteiger partial charge in [-0.3, -0.25) is 24.9 Å². The molecule has 0 aliphatic carbocycles. The Morgan fingerprint density at radius 3 is 2.45 bits per heavy atom. The average Bonchev–Trinajstić information content (AvgIpc) is 3.00. The Balaban J connectivity index is 1.46. The third kappa shape index (κ3) is 9.09. The van der Waals surface area contributed by atoms with Gasteiger partial charge in [-0.25, -0.2) is 9.78 Å². The number of carbonyl (C=O) groups is 2. The van der Waals surface area contributed by atoms with Crippen molar-refractivity contribution in [3.63, 3.8) is 0 Å². The largest absolute Gasteiger partial charge is 0.507 e. The molecule has 1 aromatic heterocycles. The van der Waals surface area contributed by atoms with Crippen LogP contribution in [0.15, 0.2) is 77.7 Å². The zero-order chi connectivity index (χ0) is 34.3. The first-order valence-corrected chi connectivity index (χ1v) is 14.2. The zero-order valence-corrected chi connectivity index (χ0v) is 25.3. The van der Waals surface area contributed by atoms with Crippen LogP contribution in [0.5, 0.6) is 5.75 Å². The fourth-order valence-corrected chi connectivity index (χ4v) is 4.44. The molecule has 47 heavy (non-hydrogen) atoms. The number of alkyl halides is 3. The molecule has 0 radical (unpaired) electrons. The van der Waals surface area contributed by atoms with Gasteiger partial charge in [0.1, 0.15) is 24.7 Å². The number of hydrogen-bond donors (Lipinski definition) is 6. The van der Waals surface area contributed by atoms with Crippen molar-refractivity contribution in [3.05, 3.63) is 106 Å². The number of phenols is 1. The molecule has 0 unspecified atom stereocenters. The summed E-state index contributed by atoms with van der Waals surface area (Å²) in [5.41, 5.74) is 4.80. The van der Waals surface area contributed by atoms with Crippen LogP contribution in [0.3, 0.4) is 0 Å². The van der Waals surface area contributed by atoms with Crippen molar-refractivity contribution in [3.8, 4) is 17.0 Å². The Bertz CT molecular complexity index is 1840. The SMILES string of the molecule is CC(C)Nc1ncc(-c2cc(N)cc(C(F)(F)F)c2)n(CC(=O)NCc2ccc(C(=N)NC(=O)OCc3ccccc3)c(O)c2)c1=O. The number of nitrogens with two attached hydrogens (primary N) is 1. The van der Waals surface area contributed by atoms with E-state index in [0.717, 1.165) is 22.3 Å². The molecule has 246 valence electrons. The number of ether oxygens (including phenoxy) is 1. The number of amidine groups is 1. The van der Waals surface area contributed by atoms with Crippen LogP contribution in [0.25, 0.3) is 11.3 Å². The monoisotopic (exact) mass is 651 g/mol. The number of amides is 2. The molecule has 7 N–H and O–H groups in total. The minimum Gasteiger partial charge on any atom is -0.507 e. The van der Waals surface area contributed by atoms with Crippen molar-refractivity contribution < 1.29 is 32.6 Å². The third-order valence-corrected chi connectivity index (χ3v) is 6.62. The molecule has 1 heterocycles. The van der Waals surface area contributed by atoms with E-state index in [2.05, 4.69) is 20.9 Å². The maximum absolute atomic E-state index is 13.5. The number of rotatable bonds is 10. The number of aromatic hydroxyl groups is 1. The molecule has 0 fully saturated rings. The number of phenolic OH excluding ortho intramolecular Hbond substituents is 1. The van der Waals surface area contributed by atoms with Crippen molar-refractivity contribution >= 4 is 29.3 Å². The van der Waals surface area contributed by atoms with E-state index in [1.54, 1.807) is 38.1 Å². The summed E-state index contributed by atoms with van der Waals surface area (Å²) in [6.07, 6.45) is -4.41. The minimum absolute atomic E-state index is 0.00439. The molecule has 0 spiro atoms. The van der Waals surface area contributed by atoms with E-state index in [0.29, 0.717) is 5.56 Å². The zero-order valence-electron chi connectivity index (χ0n) is 25.3. The number of nitrogens with zero attached hydrogens (tertiary/aromatic N) is 2. The Kier molecular flexibility index (Phi) is 10.5. The summed E-state index contributed by atoms with van der Waals surface area (Å²) in [6, 6.07) is 15.7. The van der Waals surface area contributed by atoms with E-state index in [-0.39, 0.29) is 53.3 Å². The van der Waals surface area contributed by atoms with Crippen LogP contribution in [0.1, 0.15) is 36.1 Å². The summed E-state index contributed by atoms with van der Waals surface area (Å²) in [6.45, 7) is 2.81. The fraction of sp³-hybridized carbons (Fsp3) is 0.219. The van der Waals surface area contributed by atoms with Crippen LogP contribution in [0.2, 0.25) is 0 Å². The van der Waals surface area contributed by atoms with Crippen LogP contribution >= 0.6 is 0 Å². The summed E-state index contributed by atoms with van der Waals surface area (Å²) in [4.78, 5) is 42.5. The molecule has 0 bridgehead atoms. The lowest BCUT2D eigenvalue weighted by Gasteiger charge is -2.17. The van der Waals surface area contributed by atoms with Crippen LogP contribution in [0, 0.1) is 5.41 Å². The number of carbonyl (C=O) groups excluding carboxylic acids is 2. The lowest BCUT2D eigenvalue weighted by atomic mass is 10.1. The van der Waals surface area contributed by atoms with E-state index in [4.69, 9.17) is 15.9 Å². The molecule has 2 amide bonds. The molecule has 3 aromatic carbocycles. The van der Waals surface area contributed by atoms with Crippen LogP contribution < -0.4 is 27.2 Å². The number of aromatic nitrogens is 2. The maximum atomic E-state index is 13.5. The number of anilines is 2. The summed E-state index contributed by atoms with van der Waals surface area (Å²) >= 11 is 0. The van der Waals surface area contributed by atoms with Gasteiger partial charge in [-0.05, 0) is 55.3 Å². The van der Waals surface area contributed by atoms with Gasteiger partial charge < -0.3 is 26.2 Å². The van der Waals surface area contributed by atoms with Gasteiger partial charge >= 0.3 is 12.3 Å². The summed E-state index contributed by atoms with van der Waals surface area (Å²) in [5, 5.41) is 26.3. The van der Waals surface area contributed by atoms with E-state index >= 15 is 0 Å². The first-order chi connectivity index (χ1) is 22.2. The molecule has 12 nitrogen and oxygen atoms in total. The first-order valence-electron chi connectivity index (χ1n) is 14.2. The van der Waals surface area contributed by atoms with Gasteiger partial charge in [-0.15, -0.1) is 0 Å². The number of alkyl carbamates (subject to hydrolysis) is 1. The second-order valence-corrected chi connectivity index (χ2v) is 10.7. The van der Waals surface area contributed by atoms with Crippen molar-refractivity contribution in [2.24, 2.45) is 0 Å². The molecule has 0 aliphatic heterocycles. The van der Waals surface area contributed by atoms with E-state index in [9.17, 15) is 32.7 Å². The number of nitrogen functional groups attached to an aromatic ring is 1. The molecular formula is C32H32F3N7O5. The van der Waals surface area contributed by atoms with Crippen molar-refractivity contribution in [2.45, 2.75) is 45.8 Å². The third-order valence-electron chi connectivity index (χ3n) is 6.62. The topological polar surface area (TPSA) is 184 Å². The summed E-state index contributed by atoms with van der Waals surface area (Å²) in [5.74, 6) is -1.54. The second kappa shape index (κ2) is 14.5. The highest BCUT2D eigenvalue weighted by atomic mass is 19.4. The molecule has 0 atom stereocenters. The predicted octanol–water partition coefficient (Wildman–Crippen LogP) is 4.61. The Morgan fingerprint density at radius 1 is 1.06 bits per heavy atom. The van der Waals surface area contributed by atoms with Crippen molar-refractivity contribution in [2.75, 3.05) is 11.1 Å². The summed E-state index contributed by atoms with van der Waals surface area (Å²) < 4.78 is 46.6. The van der Waals surface area contributed by atoms with Crippen LogP contribution in [0.4, 0.5) is 29.5 Å². The Hall–Kier alpha value is -5.86. The van der Waals surface area contributed by atoms with Crippen LogP contribution in [-0.2, 0) is 35.4 Å². The van der Waals surface area contributed by atoms with Gasteiger partial charge in [-0.2, -0.15) is 13.2 Å². The molecular weight excluding hydrogens is 619 g/mol. The maximum Gasteiger partial charge on any atom is 0.416 e. The Labute approximate surface area is 266 Å². The van der Waals surface area contributed by atoms with Gasteiger partial charge in [0.25, 0.3) is 5.56 Å². The normalized spacial score (nSPS) is 11.2. The summed E-state index contributed by atoms with van der Waals surface area (Å²) in [7, 11) is 0. The lowest BCUT2D eigenvalue weighted by molar-refractivity contribution is -0.137. The number of halogens is 3. The quantitative estimate of drug-likeness (QED) is 0.0816. The lowest BCUT2D eigenvalue weighted by Crippen LogP contribution is -2.35. The molecule has 4 aromatic rings. The van der Waals surface area contributed by atoms with Gasteiger partial charge in [0, 0.05) is 23.8 Å². The molecule has 0 saturated carbocycles. The number of nitrogens with one attached hydrogen (secondary N) is 4. The van der Waals surface area contributed by atoms with E-state index in [1.807, 2.05) is 6.07 Å². The fourth-order valence-electron chi connectivity index (χ4n) is 4.44. The smallest absolute Gasteiger partial charge is 0.416 e. The molecule has 0 saturated heterocycles.